The summed E-state index contributed by atoms with van der Waals surface area (Å²) in [6.45, 7) is 0. The molecule has 1 heterocycles. The summed E-state index contributed by atoms with van der Waals surface area (Å²) >= 11 is 0. The summed E-state index contributed by atoms with van der Waals surface area (Å²) in [5, 5.41) is 10.0. The summed E-state index contributed by atoms with van der Waals surface area (Å²) in [5.41, 5.74) is 9.31. The van der Waals surface area contributed by atoms with Crippen LogP contribution in [0, 0.1) is 0 Å². The Labute approximate surface area is 290 Å². The third-order valence-corrected chi connectivity index (χ3v) is 10.2. The summed E-state index contributed by atoms with van der Waals surface area (Å²) in [5.74, 6) is 0. The van der Waals surface area contributed by atoms with Crippen molar-refractivity contribution in [2.45, 2.75) is 0 Å². The van der Waals surface area contributed by atoms with Crippen LogP contribution >= 0.6 is 0 Å². The molecule has 0 spiro atoms. The molecule has 0 aliphatic carbocycles. The molecule has 0 saturated carbocycles. The number of hydrogen-bond donors (Lipinski definition) is 0. The van der Waals surface area contributed by atoms with Gasteiger partial charge in [-0.2, -0.15) is 0 Å². The van der Waals surface area contributed by atoms with Gasteiger partial charge >= 0.3 is 0 Å². The number of anilines is 3. The van der Waals surface area contributed by atoms with E-state index in [-0.39, 0.29) is 0 Å². The number of hydrogen-bond acceptors (Lipinski definition) is 1. The average Bonchev–Trinajstić information content (AvgIpc) is 3.52. The van der Waals surface area contributed by atoms with E-state index in [0.29, 0.717) is 0 Å². The first-order chi connectivity index (χ1) is 24.8. The van der Waals surface area contributed by atoms with Crippen LogP contribution < -0.4 is 4.90 Å². The summed E-state index contributed by atoms with van der Waals surface area (Å²) in [4.78, 5) is 2.46. The topological polar surface area (TPSA) is 8.17 Å². The second-order valence-electron chi connectivity index (χ2n) is 12.9. The molecule has 9 aromatic carbocycles. The van der Waals surface area contributed by atoms with Gasteiger partial charge in [0.1, 0.15) is 0 Å². The summed E-state index contributed by atoms with van der Waals surface area (Å²) in [7, 11) is 0. The van der Waals surface area contributed by atoms with Crippen molar-refractivity contribution < 1.29 is 0 Å². The van der Waals surface area contributed by atoms with Crippen molar-refractivity contribution in [1.29, 1.82) is 0 Å². The molecule has 0 aliphatic rings. The zero-order valence-corrected chi connectivity index (χ0v) is 27.4. The van der Waals surface area contributed by atoms with Crippen LogP contribution in [0.1, 0.15) is 0 Å². The van der Waals surface area contributed by atoms with Crippen molar-refractivity contribution in [1.82, 2.24) is 4.57 Å². The highest BCUT2D eigenvalue weighted by Gasteiger charge is 2.21. The molecule has 0 radical (unpaired) electrons. The summed E-state index contributed by atoms with van der Waals surface area (Å²) in [6, 6.07) is 70.5. The van der Waals surface area contributed by atoms with Crippen molar-refractivity contribution in [2.24, 2.45) is 0 Å². The van der Waals surface area contributed by atoms with Gasteiger partial charge in [0.15, 0.2) is 0 Å². The van der Waals surface area contributed by atoms with Gasteiger partial charge in [-0.3, -0.25) is 0 Å². The predicted molar refractivity (Wildman–Crippen MR) is 213 cm³/mol. The second kappa shape index (κ2) is 11.5. The lowest BCUT2D eigenvalue weighted by atomic mass is 9.95. The maximum absolute atomic E-state index is 2.46. The van der Waals surface area contributed by atoms with Gasteiger partial charge in [-0.1, -0.05) is 146 Å². The van der Waals surface area contributed by atoms with E-state index in [1.165, 1.54) is 65.3 Å². The lowest BCUT2D eigenvalue weighted by molar-refractivity contribution is 1.18. The van der Waals surface area contributed by atoms with Gasteiger partial charge in [0, 0.05) is 33.1 Å². The van der Waals surface area contributed by atoms with E-state index < -0.39 is 0 Å². The highest BCUT2D eigenvalue weighted by Crippen LogP contribution is 2.46. The normalized spacial score (nSPS) is 11.6. The van der Waals surface area contributed by atoms with Crippen LogP contribution in [0.25, 0.3) is 70.9 Å². The molecule has 234 valence electrons. The molecule has 0 unspecified atom stereocenters. The van der Waals surface area contributed by atoms with Crippen molar-refractivity contribution in [3.8, 4) is 16.8 Å². The minimum absolute atomic E-state index is 1.11. The van der Waals surface area contributed by atoms with E-state index in [0.717, 1.165) is 22.7 Å². The van der Waals surface area contributed by atoms with Crippen molar-refractivity contribution in [3.63, 3.8) is 0 Å². The molecule has 0 N–H and O–H groups in total. The van der Waals surface area contributed by atoms with Crippen molar-refractivity contribution >= 4 is 71.2 Å². The summed E-state index contributed by atoms with van der Waals surface area (Å²) in [6.07, 6.45) is 0. The molecule has 2 heteroatoms. The highest BCUT2D eigenvalue weighted by atomic mass is 15.1. The fourth-order valence-corrected chi connectivity index (χ4v) is 7.93. The molecular formula is C48H32N2. The molecular weight excluding hydrogens is 605 g/mol. The minimum Gasteiger partial charge on any atom is -0.309 e. The van der Waals surface area contributed by atoms with Gasteiger partial charge in [-0.25, -0.2) is 0 Å². The molecule has 0 bridgehead atoms. The fourth-order valence-electron chi connectivity index (χ4n) is 7.93. The molecule has 0 aliphatic heterocycles. The van der Waals surface area contributed by atoms with Crippen LogP contribution in [0.4, 0.5) is 17.1 Å². The van der Waals surface area contributed by atoms with Crippen LogP contribution in [0.3, 0.4) is 0 Å². The van der Waals surface area contributed by atoms with E-state index in [1.54, 1.807) is 0 Å². The van der Waals surface area contributed by atoms with E-state index in [1.807, 2.05) is 0 Å². The number of benzene rings is 9. The van der Waals surface area contributed by atoms with Crippen molar-refractivity contribution in [3.05, 3.63) is 194 Å². The maximum atomic E-state index is 2.46. The Morgan fingerprint density at radius 3 is 1.82 bits per heavy atom. The molecule has 0 amide bonds. The van der Waals surface area contributed by atoms with Gasteiger partial charge < -0.3 is 9.47 Å². The second-order valence-corrected chi connectivity index (χ2v) is 12.9. The molecule has 10 aromatic rings. The van der Waals surface area contributed by atoms with Crippen LogP contribution in [-0.2, 0) is 0 Å². The predicted octanol–water partition coefficient (Wildman–Crippen LogP) is 13.4. The van der Waals surface area contributed by atoms with E-state index in [2.05, 4.69) is 204 Å². The van der Waals surface area contributed by atoms with E-state index in [9.17, 15) is 0 Å². The Bertz CT molecular complexity index is 2870. The van der Waals surface area contributed by atoms with E-state index >= 15 is 0 Å². The Morgan fingerprint density at radius 2 is 0.940 bits per heavy atom. The lowest BCUT2D eigenvalue weighted by Gasteiger charge is -2.29. The third kappa shape index (κ3) is 4.43. The number of aromatic nitrogens is 1. The van der Waals surface area contributed by atoms with Gasteiger partial charge in [0.2, 0.25) is 0 Å². The van der Waals surface area contributed by atoms with Gasteiger partial charge in [0.05, 0.1) is 22.4 Å². The first-order valence-electron chi connectivity index (χ1n) is 17.2. The molecule has 0 saturated heterocycles. The molecule has 10 rings (SSSR count). The maximum Gasteiger partial charge on any atom is 0.0542 e. The number of fused-ring (bicyclic) bond motifs is 8. The Morgan fingerprint density at radius 1 is 0.340 bits per heavy atom. The first kappa shape index (κ1) is 28.4. The zero-order chi connectivity index (χ0) is 33.0. The molecule has 1 aromatic heterocycles. The van der Waals surface area contributed by atoms with Crippen LogP contribution in [-0.4, -0.2) is 4.57 Å². The molecule has 0 atom stereocenters. The standard InChI is InChI=1S/C48H32N2/c1-3-14-33(15-4-1)38-20-9-11-23-45(38)50(47-25-13-22-39-41-28-26-34-16-7-8-19-37(34)40(41)29-30-43(39)47)36-27-31-48-44(32-36)42-21-10-12-24-46(42)49(48)35-17-5-2-6-18-35/h1-32H. The average molecular weight is 637 g/mol. The molecule has 0 fully saturated rings. The Balaban J connectivity index is 1.27. The monoisotopic (exact) mass is 636 g/mol. The van der Waals surface area contributed by atoms with Crippen LogP contribution in [0.2, 0.25) is 0 Å². The summed E-state index contributed by atoms with van der Waals surface area (Å²) < 4.78 is 2.38. The smallest absolute Gasteiger partial charge is 0.0542 e. The number of para-hydroxylation sites is 3. The van der Waals surface area contributed by atoms with Gasteiger partial charge in [-0.05, 0) is 81.0 Å². The zero-order valence-electron chi connectivity index (χ0n) is 27.4. The van der Waals surface area contributed by atoms with Gasteiger partial charge in [-0.15, -0.1) is 0 Å². The SMILES string of the molecule is c1ccc(-c2ccccc2N(c2ccc3c(c2)c2ccccc2n3-c2ccccc2)c2cccc3c2ccc2c4ccccc4ccc32)cc1. The first-order valence-corrected chi connectivity index (χ1v) is 17.2. The Kier molecular flexibility index (Phi) is 6.53. The number of nitrogens with zero attached hydrogens (tertiary/aromatic N) is 2. The van der Waals surface area contributed by atoms with Gasteiger partial charge in [0.25, 0.3) is 0 Å². The van der Waals surface area contributed by atoms with Crippen LogP contribution in [0.15, 0.2) is 194 Å². The largest absolute Gasteiger partial charge is 0.309 e. The molecule has 2 nitrogen and oxygen atoms in total. The third-order valence-electron chi connectivity index (χ3n) is 10.2. The van der Waals surface area contributed by atoms with E-state index in [4.69, 9.17) is 0 Å². The fraction of sp³-hybridized carbons (Fsp3) is 0. The number of rotatable bonds is 5. The minimum atomic E-state index is 1.11. The van der Waals surface area contributed by atoms with Crippen LogP contribution in [0.5, 0.6) is 0 Å². The molecule has 50 heavy (non-hydrogen) atoms. The quantitative estimate of drug-likeness (QED) is 0.171. The van der Waals surface area contributed by atoms with Crippen molar-refractivity contribution in [2.75, 3.05) is 4.90 Å². The Hall–Kier alpha value is -6.64. The lowest BCUT2D eigenvalue weighted by Crippen LogP contribution is -2.12. The highest BCUT2D eigenvalue weighted by molar-refractivity contribution is 6.20.